The van der Waals surface area contributed by atoms with Gasteiger partial charge >= 0.3 is 0 Å². The molecule has 0 fully saturated rings. The predicted octanol–water partition coefficient (Wildman–Crippen LogP) is 3.09. The Morgan fingerprint density at radius 3 is 2.83 bits per heavy atom. The summed E-state index contributed by atoms with van der Waals surface area (Å²) in [5, 5.41) is 11.3. The molecule has 1 N–H and O–H groups in total. The van der Waals surface area contributed by atoms with Crippen molar-refractivity contribution in [3.05, 3.63) is 47.7 Å². The van der Waals surface area contributed by atoms with Crippen LogP contribution in [0.25, 0.3) is 0 Å². The highest BCUT2D eigenvalue weighted by Crippen LogP contribution is 2.31. The minimum Gasteiger partial charge on any atom is -0.348 e. The highest BCUT2D eigenvalue weighted by Gasteiger charge is 2.19. The van der Waals surface area contributed by atoms with Gasteiger partial charge in [0.05, 0.1) is 0 Å². The van der Waals surface area contributed by atoms with Gasteiger partial charge in [0.1, 0.15) is 0 Å². The Morgan fingerprint density at radius 1 is 1.26 bits per heavy atom. The number of amides is 1. The Labute approximate surface area is 136 Å². The van der Waals surface area contributed by atoms with Crippen LogP contribution in [0.3, 0.4) is 0 Å². The van der Waals surface area contributed by atoms with Crippen LogP contribution in [-0.2, 0) is 6.42 Å². The van der Waals surface area contributed by atoms with E-state index in [0.717, 1.165) is 31.6 Å². The average Bonchev–Trinajstić information content (AvgIpc) is 2.61. The number of fused-ring (bicyclic) bond motifs is 1. The van der Waals surface area contributed by atoms with Crippen molar-refractivity contribution in [1.29, 1.82) is 0 Å². The molecule has 1 aromatic heterocycles. The minimum absolute atomic E-state index is 0.137. The van der Waals surface area contributed by atoms with E-state index >= 15 is 0 Å². The number of rotatable bonds is 4. The van der Waals surface area contributed by atoms with Crippen molar-refractivity contribution >= 4 is 17.4 Å². The van der Waals surface area contributed by atoms with Gasteiger partial charge in [0, 0.05) is 18.3 Å². The van der Waals surface area contributed by atoms with E-state index in [9.17, 15) is 4.79 Å². The number of benzene rings is 1. The fraction of sp³-hybridized carbons (Fsp3) is 0.389. The third kappa shape index (κ3) is 3.33. The molecule has 0 bridgehead atoms. The van der Waals surface area contributed by atoms with Gasteiger partial charge < -0.3 is 10.2 Å². The Balaban J connectivity index is 1.79. The first-order valence-electron chi connectivity index (χ1n) is 8.19. The van der Waals surface area contributed by atoms with Gasteiger partial charge in [-0.1, -0.05) is 25.1 Å². The van der Waals surface area contributed by atoms with Crippen LogP contribution >= 0.6 is 0 Å². The molecule has 2 heterocycles. The molecular formula is C18H22N4O. The first-order valence-corrected chi connectivity index (χ1v) is 8.19. The van der Waals surface area contributed by atoms with Gasteiger partial charge in [-0.25, -0.2) is 0 Å². The first-order chi connectivity index (χ1) is 11.2. The van der Waals surface area contributed by atoms with Crippen LogP contribution in [0.5, 0.6) is 0 Å². The SMILES string of the molecule is CCC(C)NC(=O)c1ccc(N2CCCc3ccccc32)nn1. The summed E-state index contributed by atoms with van der Waals surface area (Å²) in [7, 11) is 0. The van der Waals surface area contributed by atoms with E-state index in [-0.39, 0.29) is 11.9 Å². The maximum Gasteiger partial charge on any atom is 0.272 e. The third-order valence-corrected chi connectivity index (χ3v) is 4.26. The lowest BCUT2D eigenvalue weighted by Gasteiger charge is -2.29. The lowest BCUT2D eigenvalue weighted by atomic mass is 10.0. The van der Waals surface area contributed by atoms with Crippen LogP contribution in [0.4, 0.5) is 11.5 Å². The van der Waals surface area contributed by atoms with E-state index in [1.807, 2.05) is 26.0 Å². The monoisotopic (exact) mass is 310 g/mol. The number of nitrogens with zero attached hydrogens (tertiary/aromatic N) is 3. The van der Waals surface area contributed by atoms with Crippen molar-refractivity contribution < 1.29 is 4.79 Å². The van der Waals surface area contributed by atoms with Gasteiger partial charge in [0.25, 0.3) is 5.91 Å². The maximum atomic E-state index is 12.1. The average molecular weight is 310 g/mol. The summed E-state index contributed by atoms with van der Waals surface area (Å²) in [4.78, 5) is 14.2. The number of nitrogens with one attached hydrogen (secondary N) is 1. The van der Waals surface area contributed by atoms with Crippen molar-refractivity contribution in [2.24, 2.45) is 0 Å². The normalized spacial score (nSPS) is 15.0. The van der Waals surface area contributed by atoms with E-state index in [1.54, 1.807) is 6.07 Å². The van der Waals surface area contributed by atoms with Crippen LogP contribution in [0.1, 0.15) is 42.7 Å². The summed E-state index contributed by atoms with van der Waals surface area (Å²) in [5.74, 6) is 0.620. The fourth-order valence-corrected chi connectivity index (χ4v) is 2.76. The molecule has 1 amide bonds. The Hall–Kier alpha value is -2.43. The molecule has 1 atom stereocenters. The van der Waals surface area contributed by atoms with Crippen molar-refractivity contribution in [3.63, 3.8) is 0 Å². The number of carbonyl (C=O) groups excluding carboxylic acids is 1. The van der Waals surface area contributed by atoms with E-state index in [4.69, 9.17) is 0 Å². The molecule has 1 aliphatic rings. The minimum atomic E-state index is -0.169. The van der Waals surface area contributed by atoms with Crippen molar-refractivity contribution in [2.45, 2.75) is 39.2 Å². The number of hydrogen-bond donors (Lipinski definition) is 1. The van der Waals surface area contributed by atoms with Crippen LogP contribution in [0.2, 0.25) is 0 Å². The van der Waals surface area contributed by atoms with E-state index in [0.29, 0.717) is 5.69 Å². The second-order valence-corrected chi connectivity index (χ2v) is 5.94. The lowest BCUT2D eigenvalue weighted by Crippen LogP contribution is -2.33. The van der Waals surface area contributed by atoms with Gasteiger partial charge in [-0.15, -0.1) is 10.2 Å². The molecule has 0 radical (unpaired) electrons. The molecule has 1 aliphatic heterocycles. The molecule has 0 aliphatic carbocycles. The van der Waals surface area contributed by atoms with Crippen LogP contribution in [0, 0.1) is 0 Å². The van der Waals surface area contributed by atoms with Gasteiger partial charge in [0.2, 0.25) is 0 Å². The molecule has 3 rings (SSSR count). The highest BCUT2D eigenvalue weighted by molar-refractivity contribution is 5.92. The Bertz CT molecular complexity index is 684. The van der Waals surface area contributed by atoms with Gasteiger partial charge in [-0.05, 0) is 49.9 Å². The molecule has 23 heavy (non-hydrogen) atoms. The highest BCUT2D eigenvalue weighted by atomic mass is 16.2. The molecule has 5 nitrogen and oxygen atoms in total. The predicted molar refractivity (Wildman–Crippen MR) is 91.0 cm³/mol. The second kappa shape index (κ2) is 6.77. The van der Waals surface area contributed by atoms with Crippen molar-refractivity contribution in [1.82, 2.24) is 15.5 Å². The van der Waals surface area contributed by atoms with E-state index in [2.05, 4.69) is 38.6 Å². The quantitative estimate of drug-likeness (QED) is 0.943. The maximum absolute atomic E-state index is 12.1. The standard InChI is InChI=1S/C18H22N4O/c1-3-13(2)19-18(23)15-10-11-17(21-20-15)22-12-6-8-14-7-4-5-9-16(14)22/h4-5,7,9-11,13H,3,6,8,12H2,1-2H3,(H,19,23). The molecule has 0 spiro atoms. The molecule has 0 saturated heterocycles. The smallest absolute Gasteiger partial charge is 0.272 e. The molecule has 1 aromatic carbocycles. The molecule has 5 heteroatoms. The van der Waals surface area contributed by atoms with Gasteiger partial charge in [-0.2, -0.15) is 0 Å². The number of aromatic nitrogens is 2. The molecule has 2 aromatic rings. The van der Waals surface area contributed by atoms with Crippen LogP contribution in [0.15, 0.2) is 36.4 Å². The zero-order valence-corrected chi connectivity index (χ0v) is 13.6. The summed E-state index contributed by atoms with van der Waals surface area (Å²) >= 11 is 0. The fourth-order valence-electron chi connectivity index (χ4n) is 2.76. The zero-order chi connectivity index (χ0) is 16.2. The number of para-hydroxylation sites is 1. The molecule has 0 saturated carbocycles. The lowest BCUT2D eigenvalue weighted by molar-refractivity contribution is 0.0933. The summed E-state index contributed by atoms with van der Waals surface area (Å²) < 4.78 is 0. The first kappa shape index (κ1) is 15.5. The zero-order valence-electron chi connectivity index (χ0n) is 13.6. The van der Waals surface area contributed by atoms with Gasteiger partial charge in [0.15, 0.2) is 11.5 Å². The Kier molecular flexibility index (Phi) is 4.55. The van der Waals surface area contributed by atoms with E-state index in [1.165, 1.54) is 11.3 Å². The summed E-state index contributed by atoms with van der Waals surface area (Å²) in [6, 6.07) is 12.1. The summed E-state index contributed by atoms with van der Waals surface area (Å²) in [6.45, 7) is 4.93. The summed E-state index contributed by atoms with van der Waals surface area (Å²) in [6.07, 6.45) is 3.08. The van der Waals surface area contributed by atoms with E-state index < -0.39 is 0 Å². The largest absolute Gasteiger partial charge is 0.348 e. The van der Waals surface area contributed by atoms with Gasteiger partial charge in [-0.3, -0.25) is 4.79 Å². The van der Waals surface area contributed by atoms with Crippen molar-refractivity contribution in [3.8, 4) is 0 Å². The van der Waals surface area contributed by atoms with Crippen molar-refractivity contribution in [2.75, 3.05) is 11.4 Å². The number of aryl methyl sites for hydroxylation is 1. The van der Waals surface area contributed by atoms with Crippen LogP contribution in [-0.4, -0.2) is 28.7 Å². The Morgan fingerprint density at radius 2 is 2.09 bits per heavy atom. The number of anilines is 2. The third-order valence-electron chi connectivity index (χ3n) is 4.26. The topological polar surface area (TPSA) is 58.1 Å². The molecular weight excluding hydrogens is 288 g/mol. The number of carbonyl (C=O) groups is 1. The van der Waals surface area contributed by atoms with Crippen LogP contribution < -0.4 is 10.2 Å². The number of hydrogen-bond acceptors (Lipinski definition) is 4. The summed E-state index contributed by atoms with van der Waals surface area (Å²) in [5.41, 5.74) is 2.88. The molecule has 1 unspecified atom stereocenters. The molecule has 120 valence electrons. The second-order valence-electron chi connectivity index (χ2n) is 5.94.